The van der Waals surface area contributed by atoms with Gasteiger partial charge in [0, 0.05) is 17.3 Å². The van der Waals surface area contributed by atoms with Crippen LogP contribution in [0.25, 0.3) is 11.0 Å². The van der Waals surface area contributed by atoms with E-state index < -0.39 is 0 Å². The SMILES string of the molecule is CC(C)c1ccc2cncnc2n1. The fourth-order valence-electron chi connectivity index (χ4n) is 1.20. The van der Waals surface area contributed by atoms with E-state index in [4.69, 9.17) is 0 Å². The first-order valence-corrected chi connectivity index (χ1v) is 4.34. The molecule has 0 fully saturated rings. The summed E-state index contributed by atoms with van der Waals surface area (Å²) < 4.78 is 0. The zero-order valence-electron chi connectivity index (χ0n) is 7.73. The number of nitrogens with zero attached hydrogens (tertiary/aromatic N) is 3. The van der Waals surface area contributed by atoms with Gasteiger partial charge in [0.1, 0.15) is 6.33 Å². The maximum atomic E-state index is 4.42. The summed E-state index contributed by atoms with van der Waals surface area (Å²) in [5, 5.41) is 0.993. The van der Waals surface area contributed by atoms with Gasteiger partial charge in [0.05, 0.1) is 0 Å². The Labute approximate surface area is 76.9 Å². The Morgan fingerprint density at radius 2 is 2.08 bits per heavy atom. The second-order valence-electron chi connectivity index (χ2n) is 3.33. The maximum absolute atomic E-state index is 4.42. The zero-order valence-corrected chi connectivity index (χ0v) is 7.73. The Balaban J connectivity index is 2.62. The second kappa shape index (κ2) is 3.09. The molecule has 2 heterocycles. The molecular weight excluding hydrogens is 162 g/mol. The predicted molar refractivity (Wildman–Crippen MR) is 51.4 cm³/mol. The molecule has 0 aromatic carbocycles. The third-order valence-corrected chi connectivity index (χ3v) is 1.98. The fraction of sp³-hybridized carbons (Fsp3) is 0.300. The van der Waals surface area contributed by atoms with Crippen molar-refractivity contribution in [3.05, 3.63) is 30.4 Å². The van der Waals surface area contributed by atoms with Gasteiger partial charge in [0.15, 0.2) is 5.65 Å². The molecule has 13 heavy (non-hydrogen) atoms. The van der Waals surface area contributed by atoms with Crippen LogP contribution in [-0.4, -0.2) is 15.0 Å². The summed E-state index contributed by atoms with van der Waals surface area (Å²) in [5.41, 5.74) is 1.85. The minimum Gasteiger partial charge on any atom is -0.244 e. The number of fused-ring (bicyclic) bond motifs is 1. The van der Waals surface area contributed by atoms with E-state index in [1.165, 1.54) is 6.33 Å². The molecule has 0 saturated heterocycles. The third-order valence-electron chi connectivity index (χ3n) is 1.98. The first-order chi connectivity index (χ1) is 6.27. The van der Waals surface area contributed by atoms with Crippen LogP contribution in [0.3, 0.4) is 0 Å². The highest BCUT2D eigenvalue weighted by molar-refractivity contribution is 5.73. The van der Waals surface area contributed by atoms with Crippen molar-refractivity contribution in [3.63, 3.8) is 0 Å². The van der Waals surface area contributed by atoms with Crippen molar-refractivity contribution < 1.29 is 0 Å². The zero-order chi connectivity index (χ0) is 9.26. The van der Waals surface area contributed by atoms with Gasteiger partial charge in [-0.05, 0) is 18.1 Å². The molecule has 0 aliphatic heterocycles. The van der Waals surface area contributed by atoms with Crippen molar-refractivity contribution in [2.24, 2.45) is 0 Å². The van der Waals surface area contributed by atoms with Crippen molar-refractivity contribution >= 4 is 11.0 Å². The molecule has 0 bridgehead atoms. The van der Waals surface area contributed by atoms with Gasteiger partial charge in [0.2, 0.25) is 0 Å². The van der Waals surface area contributed by atoms with E-state index in [0.717, 1.165) is 16.7 Å². The lowest BCUT2D eigenvalue weighted by molar-refractivity contribution is 0.827. The highest BCUT2D eigenvalue weighted by atomic mass is 14.9. The predicted octanol–water partition coefficient (Wildman–Crippen LogP) is 2.15. The lowest BCUT2D eigenvalue weighted by atomic mass is 10.1. The molecule has 2 aromatic rings. The van der Waals surface area contributed by atoms with Crippen LogP contribution in [-0.2, 0) is 0 Å². The van der Waals surface area contributed by atoms with E-state index in [9.17, 15) is 0 Å². The van der Waals surface area contributed by atoms with Gasteiger partial charge >= 0.3 is 0 Å². The first-order valence-electron chi connectivity index (χ1n) is 4.34. The molecule has 0 spiro atoms. The highest BCUT2D eigenvalue weighted by Gasteiger charge is 2.02. The van der Waals surface area contributed by atoms with Gasteiger partial charge in [-0.25, -0.2) is 15.0 Å². The average Bonchev–Trinajstić information content (AvgIpc) is 2.17. The normalized spacial score (nSPS) is 11.0. The lowest BCUT2D eigenvalue weighted by Crippen LogP contribution is -1.94. The molecule has 2 aromatic heterocycles. The van der Waals surface area contributed by atoms with E-state index in [0.29, 0.717) is 5.92 Å². The number of rotatable bonds is 1. The van der Waals surface area contributed by atoms with Crippen molar-refractivity contribution in [1.82, 2.24) is 15.0 Å². The largest absolute Gasteiger partial charge is 0.244 e. The summed E-state index contributed by atoms with van der Waals surface area (Å²) in [5.74, 6) is 0.444. The minimum atomic E-state index is 0.444. The summed E-state index contributed by atoms with van der Waals surface area (Å²) in [6.45, 7) is 4.24. The second-order valence-corrected chi connectivity index (χ2v) is 3.33. The molecule has 0 aliphatic carbocycles. The Kier molecular flexibility index (Phi) is 1.93. The van der Waals surface area contributed by atoms with Gasteiger partial charge < -0.3 is 0 Å². The van der Waals surface area contributed by atoms with Gasteiger partial charge in [0.25, 0.3) is 0 Å². The van der Waals surface area contributed by atoms with Crippen LogP contribution in [0.5, 0.6) is 0 Å². The van der Waals surface area contributed by atoms with Gasteiger partial charge in [-0.2, -0.15) is 0 Å². The smallest absolute Gasteiger partial charge is 0.162 e. The molecule has 3 heteroatoms. The van der Waals surface area contributed by atoms with Gasteiger partial charge in [-0.15, -0.1) is 0 Å². The Morgan fingerprint density at radius 1 is 1.23 bits per heavy atom. The van der Waals surface area contributed by atoms with Crippen LogP contribution >= 0.6 is 0 Å². The van der Waals surface area contributed by atoms with Crippen LogP contribution in [0, 0.1) is 0 Å². The van der Waals surface area contributed by atoms with E-state index >= 15 is 0 Å². The number of aromatic nitrogens is 3. The monoisotopic (exact) mass is 173 g/mol. The van der Waals surface area contributed by atoms with E-state index in [1.54, 1.807) is 6.20 Å². The van der Waals surface area contributed by atoms with Gasteiger partial charge in [-0.1, -0.05) is 13.8 Å². The molecule has 0 atom stereocenters. The van der Waals surface area contributed by atoms with Crippen LogP contribution in [0.1, 0.15) is 25.5 Å². The summed E-state index contributed by atoms with van der Waals surface area (Å²) >= 11 is 0. The minimum absolute atomic E-state index is 0.444. The Hall–Kier alpha value is -1.51. The van der Waals surface area contributed by atoms with E-state index in [2.05, 4.69) is 28.8 Å². The molecular formula is C10H11N3. The number of hydrogen-bond acceptors (Lipinski definition) is 3. The van der Waals surface area contributed by atoms with Crippen molar-refractivity contribution in [2.75, 3.05) is 0 Å². The molecule has 2 rings (SSSR count). The van der Waals surface area contributed by atoms with Crippen LogP contribution in [0.2, 0.25) is 0 Å². The van der Waals surface area contributed by atoms with Crippen LogP contribution < -0.4 is 0 Å². The van der Waals surface area contributed by atoms with Crippen molar-refractivity contribution in [3.8, 4) is 0 Å². The molecule has 66 valence electrons. The summed E-state index contributed by atoms with van der Waals surface area (Å²) in [6, 6.07) is 4.04. The Bertz CT molecular complexity index is 423. The summed E-state index contributed by atoms with van der Waals surface area (Å²) in [4.78, 5) is 12.5. The summed E-state index contributed by atoms with van der Waals surface area (Å²) in [7, 11) is 0. The van der Waals surface area contributed by atoms with E-state index in [1.807, 2.05) is 12.1 Å². The molecule has 0 amide bonds. The molecule has 0 aliphatic rings. The topological polar surface area (TPSA) is 38.7 Å². The third kappa shape index (κ3) is 1.49. The van der Waals surface area contributed by atoms with Crippen molar-refractivity contribution in [1.29, 1.82) is 0 Å². The highest BCUT2D eigenvalue weighted by Crippen LogP contribution is 2.14. The molecule has 0 saturated carbocycles. The van der Waals surface area contributed by atoms with E-state index in [-0.39, 0.29) is 0 Å². The Morgan fingerprint density at radius 3 is 2.85 bits per heavy atom. The number of pyridine rings is 1. The standard InChI is InChI=1S/C10H11N3/c1-7(2)9-4-3-8-5-11-6-12-10(8)13-9/h3-7H,1-2H3. The lowest BCUT2D eigenvalue weighted by Gasteiger charge is -2.03. The molecule has 0 N–H and O–H groups in total. The fourth-order valence-corrected chi connectivity index (χ4v) is 1.20. The molecule has 0 unspecified atom stereocenters. The number of hydrogen-bond donors (Lipinski definition) is 0. The van der Waals surface area contributed by atoms with Crippen molar-refractivity contribution in [2.45, 2.75) is 19.8 Å². The van der Waals surface area contributed by atoms with Crippen LogP contribution in [0.4, 0.5) is 0 Å². The first kappa shape index (κ1) is 8.10. The van der Waals surface area contributed by atoms with Gasteiger partial charge in [-0.3, -0.25) is 0 Å². The molecule has 0 radical (unpaired) electrons. The molecule has 3 nitrogen and oxygen atoms in total. The summed E-state index contributed by atoms with van der Waals surface area (Å²) in [6.07, 6.45) is 3.30. The average molecular weight is 173 g/mol. The van der Waals surface area contributed by atoms with Crippen LogP contribution in [0.15, 0.2) is 24.7 Å². The quantitative estimate of drug-likeness (QED) is 0.663. The maximum Gasteiger partial charge on any atom is 0.162 e.